The zero-order valence-electron chi connectivity index (χ0n) is 14.1. The molecule has 1 aromatic carbocycles. The molecule has 4 nitrogen and oxygen atoms in total. The predicted octanol–water partition coefficient (Wildman–Crippen LogP) is 2.72. The maximum Gasteiger partial charge on any atom is 0.237 e. The zero-order valence-corrected chi connectivity index (χ0v) is 14.1. The van der Waals surface area contributed by atoms with Gasteiger partial charge in [-0.2, -0.15) is 0 Å². The van der Waals surface area contributed by atoms with E-state index in [1.165, 1.54) is 18.9 Å². The molecule has 23 heavy (non-hydrogen) atoms. The highest BCUT2D eigenvalue weighted by molar-refractivity contribution is 5.81. The monoisotopic (exact) mass is 322 g/mol. The van der Waals surface area contributed by atoms with E-state index < -0.39 is 0 Å². The highest BCUT2D eigenvalue weighted by Crippen LogP contribution is 2.18. The van der Waals surface area contributed by atoms with Gasteiger partial charge in [0.15, 0.2) is 0 Å². The van der Waals surface area contributed by atoms with Crippen LogP contribution in [0.5, 0.6) is 0 Å². The molecule has 1 fully saturated rings. The molecule has 1 aliphatic rings. The highest BCUT2D eigenvalue weighted by atomic mass is 19.1. The Hall–Kier alpha value is -1.46. The first-order chi connectivity index (χ1) is 11.1. The van der Waals surface area contributed by atoms with Crippen LogP contribution in [0.3, 0.4) is 0 Å². The summed E-state index contributed by atoms with van der Waals surface area (Å²) in [5.41, 5.74) is 0.601. The normalized spacial score (nSPS) is 16.7. The minimum Gasteiger partial charge on any atom is -0.383 e. The third-order valence-corrected chi connectivity index (χ3v) is 4.54. The van der Waals surface area contributed by atoms with E-state index in [4.69, 9.17) is 4.74 Å². The molecule has 1 aromatic rings. The lowest BCUT2D eigenvalue weighted by Crippen LogP contribution is -2.48. The molecule has 0 saturated heterocycles. The second kappa shape index (κ2) is 8.99. The first kappa shape index (κ1) is 17.9. The topological polar surface area (TPSA) is 41.6 Å². The van der Waals surface area contributed by atoms with E-state index in [1.807, 2.05) is 17.9 Å². The Morgan fingerprint density at radius 1 is 1.39 bits per heavy atom. The smallest absolute Gasteiger partial charge is 0.237 e. The molecule has 0 spiro atoms. The number of hydrogen-bond donors (Lipinski definition) is 1. The van der Waals surface area contributed by atoms with Gasteiger partial charge in [-0.15, -0.1) is 0 Å². The van der Waals surface area contributed by atoms with Crippen LogP contribution in [-0.2, 0) is 16.1 Å². The summed E-state index contributed by atoms with van der Waals surface area (Å²) in [5, 5.41) is 3.12. The maximum atomic E-state index is 13.9. The van der Waals surface area contributed by atoms with Crippen LogP contribution in [0.15, 0.2) is 24.3 Å². The lowest BCUT2D eigenvalue weighted by atomic mass is 10.1. The third kappa shape index (κ3) is 5.29. The van der Waals surface area contributed by atoms with Crippen molar-refractivity contribution in [1.29, 1.82) is 0 Å². The van der Waals surface area contributed by atoms with Crippen LogP contribution in [-0.4, -0.2) is 43.2 Å². The fourth-order valence-corrected chi connectivity index (χ4v) is 3.02. The van der Waals surface area contributed by atoms with Gasteiger partial charge in [0, 0.05) is 31.8 Å². The number of nitrogens with one attached hydrogen (secondary N) is 1. The average molecular weight is 322 g/mol. The van der Waals surface area contributed by atoms with Gasteiger partial charge in [-0.25, -0.2) is 4.39 Å². The summed E-state index contributed by atoms with van der Waals surface area (Å²) >= 11 is 0. The molecule has 1 amide bonds. The fourth-order valence-electron chi connectivity index (χ4n) is 3.02. The van der Waals surface area contributed by atoms with E-state index >= 15 is 0 Å². The SMILES string of the molecule is COCCN(Cc1ccccc1F)[C@H](C)C(=O)NC1CCCC1. The van der Waals surface area contributed by atoms with Crippen LogP contribution >= 0.6 is 0 Å². The molecular formula is C18H27FN2O2. The molecule has 0 bridgehead atoms. The summed E-state index contributed by atoms with van der Waals surface area (Å²) in [6, 6.07) is 6.68. The Balaban J connectivity index is 2.00. The summed E-state index contributed by atoms with van der Waals surface area (Å²) in [7, 11) is 1.63. The van der Waals surface area contributed by atoms with Gasteiger partial charge in [-0.05, 0) is 25.8 Å². The summed E-state index contributed by atoms with van der Waals surface area (Å²) in [5.74, 6) is -0.220. The molecule has 0 unspecified atom stereocenters. The van der Waals surface area contributed by atoms with Crippen molar-refractivity contribution >= 4 is 5.91 Å². The molecule has 0 radical (unpaired) electrons. The Morgan fingerprint density at radius 2 is 2.09 bits per heavy atom. The van der Waals surface area contributed by atoms with Crippen molar-refractivity contribution in [2.75, 3.05) is 20.3 Å². The average Bonchev–Trinajstić information content (AvgIpc) is 3.05. The molecule has 1 aliphatic carbocycles. The van der Waals surface area contributed by atoms with Gasteiger partial charge in [-0.1, -0.05) is 31.0 Å². The molecule has 1 saturated carbocycles. The maximum absolute atomic E-state index is 13.9. The standard InChI is InChI=1S/C18H27FN2O2/c1-14(18(22)20-16-8-4-5-9-16)21(11-12-23-2)13-15-7-3-6-10-17(15)19/h3,6-7,10,14,16H,4-5,8-9,11-13H2,1-2H3,(H,20,22)/t14-/m1/s1. The van der Waals surface area contributed by atoms with Crippen LogP contribution in [0.4, 0.5) is 4.39 Å². The molecule has 0 heterocycles. The van der Waals surface area contributed by atoms with Crippen LogP contribution < -0.4 is 5.32 Å². The Bertz CT molecular complexity index is 504. The van der Waals surface area contributed by atoms with Crippen molar-refractivity contribution in [3.63, 3.8) is 0 Å². The lowest BCUT2D eigenvalue weighted by Gasteiger charge is -2.29. The first-order valence-electron chi connectivity index (χ1n) is 8.38. The minimum absolute atomic E-state index is 0.0179. The summed E-state index contributed by atoms with van der Waals surface area (Å²) in [6.07, 6.45) is 4.48. The first-order valence-corrected chi connectivity index (χ1v) is 8.38. The number of methoxy groups -OCH3 is 1. The second-order valence-electron chi connectivity index (χ2n) is 6.22. The van der Waals surface area contributed by atoms with Gasteiger partial charge >= 0.3 is 0 Å². The van der Waals surface area contributed by atoms with Gasteiger partial charge in [0.05, 0.1) is 12.6 Å². The number of amides is 1. The lowest BCUT2D eigenvalue weighted by molar-refractivity contribution is -0.127. The number of halogens is 1. The Labute approximate surface area is 138 Å². The number of ether oxygens (including phenoxy) is 1. The van der Waals surface area contributed by atoms with Crippen molar-refractivity contribution in [2.24, 2.45) is 0 Å². The molecular weight excluding hydrogens is 295 g/mol. The van der Waals surface area contributed by atoms with E-state index in [1.54, 1.807) is 19.2 Å². The number of nitrogens with zero attached hydrogens (tertiary/aromatic N) is 1. The molecule has 0 aliphatic heterocycles. The molecule has 5 heteroatoms. The van der Waals surface area contributed by atoms with Crippen molar-refractivity contribution in [3.8, 4) is 0 Å². The molecule has 2 rings (SSSR count). The van der Waals surface area contributed by atoms with E-state index in [2.05, 4.69) is 5.32 Å². The van der Waals surface area contributed by atoms with Gasteiger partial charge < -0.3 is 10.1 Å². The predicted molar refractivity (Wildman–Crippen MR) is 88.5 cm³/mol. The summed E-state index contributed by atoms with van der Waals surface area (Å²) < 4.78 is 19.0. The second-order valence-corrected chi connectivity index (χ2v) is 6.22. The van der Waals surface area contributed by atoms with Crippen LogP contribution in [0, 0.1) is 5.82 Å². The van der Waals surface area contributed by atoms with Gasteiger partial charge in [0.25, 0.3) is 0 Å². The van der Waals surface area contributed by atoms with Crippen molar-refractivity contribution in [2.45, 2.75) is 51.2 Å². The molecule has 1 N–H and O–H groups in total. The number of benzene rings is 1. The van der Waals surface area contributed by atoms with Crippen LogP contribution in [0.2, 0.25) is 0 Å². The number of carbonyl (C=O) groups is 1. The number of carbonyl (C=O) groups excluding carboxylic acids is 1. The largest absolute Gasteiger partial charge is 0.383 e. The Morgan fingerprint density at radius 3 is 2.74 bits per heavy atom. The van der Waals surface area contributed by atoms with E-state index in [9.17, 15) is 9.18 Å². The zero-order chi connectivity index (χ0) is 16.7. The summed E-state index contributed by atoms with van der Waals surface area (Å²) in [4.78, 5) is 14.5. The van der Waals surface area contributed by atoms with Crippen molar-refractivity contribution < 1.29 is 13.9 Å². The van der Waals surface area contributed by atoms with Crippen LogP contribution in [0.1, 0.15) is 38.2 Å². The third-order valence-electron chi connectivity index (χ3n) is 4.54. The Kier molecular flexibility index (Phi) is 6.99. The highest BCUT2D eigenvalue weighted by Gasteiger charge is 2.25. The van der Waals surface area contributed by atoms with Gasteiger partial charge in [-0.3, -0.25) is 9.69 Å². The van der Waals surface area contributed by atoms with Gasteiger partial charge in [0.1, 0.15) is 5.82 Å². The molecule has 0 aromatic heterocycles. The minimum atomic E-state index is -0.314. The quantitative estimate of drug-likeness (QED) is 0.800. The van der Waals surface area contributed by atoms with Crippen molar-refractivity contribution in [1.82, 2.24) is 10.2 Å². The number of hydrogen-bond acceptors (Lipinski definition) is 3. The molecule has 1 atom stereocenters. The van der Waals surface area contributed by atoms with Crippen LogP contribution in [0.25, 0.3) is 0 Å². The summed E-state index contributed by atoms with van der Waals surface area (Å²) in [6.45, 7) is 3.37. The van der Waals surface area contributed by atoms with E-state index in [0.29, 0.717) is 31.3 Å². The van der Waals surface area contributed by atoms with E-state index in [-0.39, 0.29) is 17.8 Å². The van der Waals surface area contributed by atoms with Crippen molar-refractivity contribution in [3.05, 3.63) is 35.6 Å². The fraction of sp³-hybridized carbons (Fsp3) is 0.611. The molecule has 128 valence electrons. The van der Waals surface area contributed by atoms with Gasteiger partial charge in [0.2, 0.25) is 5.91 Å². The van der Waals surface area contributed by atoms with E-state index in [0.717, 1.165) is 12.8 Å². The number of rotatable bonds is 8.